The van der Waals surface area contributed by atoms with Crippen molar-refractivity contribution in [3.05, 3.63) is 75.5 Å². The third-order valence-corrected chi connectivity index (χ3v) is 5.81. The number of amides is 1. The topological polar surface area (TPSA) is 58.2 Å². The fourth-order valence-corrected chi connectivity index (χ4v) is 4.07. The molecule has 8 heteroatoms. The van der Waals surface area contributed by atoms with E-state index in [1.54, 1.807) is 4.90 Å². The molecule has 0 fully saturated rings. The molecular weight excluding hydrogens is 480 g/mol. The summed E-state index contributed by atoms with van der Waals surface area (Å²) < 4.78 is 33.9. The van der Waals surface area contributed by atoms with Crippen LogP contribution in [0.2, 0.25) is 0 Å². The average molecular weight is 504 g/mol. The Balaban J connectivity index is 1.68. The van der Waals surface area contributed by atoms with Gasteiger partial charge >= 0.3 is 6.09 Å². The van der Waals surface area contributed by atoms with E-state index in [2.05, 4.69) is 25.9 Å². The second-order valence-corrected chi connectivity index (χ2v) is 9.76. The van der Waals surface area contributed by atoms with Crippen molar-refractivity contribution in [1.29, 1.82) is 0 Å². The largest absolute Gasteiger partial charge is 0.444 e. The number of H-pyrrole nitrogens is 1. The van der Waals surface area contributed by atoms with Crippen molar-refractivity contribution in [1.82, 2.24) is 14.9 Å². The molecule has 1 unspecified atom stereocenters. The van der Waals surface area contributed by atoms with E-state index in [4.69, 9.17) is 4.74 Å². The average Bonchev–Trinajstić information content (AvgIpc) is 3.11. The van der Waals surface area contributed by atoms with E-state index in [1.807, 2.05) is 51.1 Å². The van der Waals surface area contributed by atoms with Gasteiger partial charge in [-0.15, -0.1) is 0 Å². The zero-order chi connectivity index (χ0) is 23.0. The molecule has 5 nitrogen and oxygen atoms in total. The van der Waals surface area contributed by atoms with Crippen LogP contribution in [-0.2, 0) is 4.74 Å². The van der Waals surface area contributed by atoms with Crippen LogP contribution in [0.3, 0.4) is 0 Å². The van der Waals surface area contributed by atoms with Crippen LogP contribution in [-0.4, -0.2) is 39.7 Å². The molecule has 0 aliphatic carbocycles. The first-order valence-electron chi connectivity index (χ1n) is 10.4. The Morgan fingerprint density at radius 3 is 2.50 bits per heavy atom. The summed E-state index contributed by atoms with van der Waals surface area (Å²) in [6, 6.07) is 10.1. The molecule has 168 valence electrons. The summed E-state index contributed by atoms with van der Waals surface area (Å²) in [5, 5.41) is 0. The number of nitrogens with one attached hydrogen (secondary N) is 1. The van der Waals surface area contributed by atoms with E-state index >= 15 is 0 Å². The number of aromatic amines is 1. The Morgan fingerprint density at radius 2 is 1.88 bits per heavy atom. The number of nitrogens with zero attached hydrogens (tertiary/aromatic N) is 2. The second-order valence-electron chi connectivity index (χ2n) is 8.85. The molecule has 1 amide bonds. The summed E-state index contributed by atoms with van der Waals surface area (Å²) in [5.74, 6) is -1.48. The predicted octanol–water partition coefficient (Wildman–Crippen LogP) is 6.30. The summed E-state index contributed by atoms with van der Waals surface area (Å²) >= 11 is 3.46. The monoisotopic (exact) mass is 503 g/mol. The van der Waals surface area contributed by atoms with Gasteiger partial charge in [-0.2, -0.15) is 0 Å². The molecule has 0 spiro atoms. The fourth-order valence-electron chi connectivity index (χ4n) is 3.80. The third-order valence-electron chi connectivity index (χ3n) is 5.29. The summed E-state index contributed by atoms with van der Waals surface area (Å²) in [5.41, 5.74) is 2.32. The molecule has 1 atom stereocenters. The molecule has 1 aromatic heterocycles. The summed E-state index contributed by atoms with van der Waals surface area (Å²) in [6.07, 6.45) is 2.29. The maximum atomic E-state index is 13.7. The molecule has 0 radical (unpaired) electrons. The van der Waals surface area contributed by atoms with Crippen LogP contribution in [0.4, 0.5) is 13.6 Å². The number of aromatic nitrogens is 2. The first-order chi connectivity index (χ1) is 15.1. The number of ether oxygens (including phenoxy) is 1. The predicted molar refractivity (Wildman–Crippen MR) is 123 cm³/mol. The Labute approximate surface area is 193 Å². The van der Waals surface area contributed by atoms with Crippen LogP contribution in [0.5, 0.6) is 0 Å². The number of hydrogen-bond acceptors (Lipinski definition) is 3. The van der Waals surface area contributed by atoms with Crippen LogP contribution in [0.1, 0.15) is 44.5 Å². The van der Waals surface area contributed by atoms with Gasteiger partial charge in [-0.1, -0.05) is 39.7 Å². The summed E-state index contributed by atoms with van der Waals surface area (Å²) in [6.45, 7) is 6.45. The highest BCUT2D eigenvalue weighted by atomic mass is 79.9. The Kier molecular flexibility index (Phi) is 6.07. The van der Waals surface area contributed by atoms with E-state index < -0.39 is 17.2 Å². The van der Waals surface area contributed by atoms with Crippen LogP contribution >= 0.6 is 15.9 Å². The number of imidazole rings is 1. The lowest BCUT2D eigenvalue weighted by atomic mass is 9.87. The van der Waals surface area contributed by atoms with Crippen LogP contribution in [0.25, 0.3) is 11.0 Å². The van der Waals surface area contributed by atoms with Gasteiger partial charge < -0.3 is 14.6 Å². The van der Waals surface area contributed by atoms with Gasteiger partial charge in [-0.25, -0.2) is 18.6 Å². The maximum absolute atomic E-state index is 13.7. The molecule has 4 rings (SSSR count). The van der Waals surface area contributed by atoms with Crippen molar-refractivity contribution in [2.24, 2.45) is 0 Å². The normalized spacial score (nSPS) is 15.6. The first-order valence-corrected chi connectivity index (χ1v) is 11.2. The lowest BCUT2D eigenvalue weighted by Crippen LogP contribution is -2.39. The van der Waals surface area contributed by atoms with Gasteiger partial charge in [0.25, 0.3) is 0 Å². The Bertz CT molecular complexity index is 1140. The van der Waals surface area contributed by atoms with Gasteiger partial charge in [0.2, 0.25) is 0 Å². The van der Waals surface area contributed by atoms with E-state index in [0.29, 0.717) is 36.4 Å². The molecule has 0 saturated heterocycles. The van der Waals surface area contributed by atoms with E-state index in [-0.39, 0.29) is 12.0 Å². The van der Waals surface area contributed by atoms with Gasteiger partial charge in [0.15, 0.2) is 11.6 Å². The minimum absolute atomic E-state index is 0.234. The number of benzene rings is 2. The van der Waals surface area contributed by atoms with E-state index in [0.717, 1.165) is 27.7 Å². The highest BCUT2D eigenvalue weighted by Gasteiger charge is 2.29. The molecule has 32 heavy (non-hydrogen) atoms. The number of hydrogen-bond donors (Lipinski definition) is 1. The fraction of sp³-hybridized carbons (Fsp3) is 0.333. The van der Waals surface area contributed by atoms with Crippen LogP contribution in [0.15, 0.2) is 52.5 Å². The summed E-state index contributed by atoms with van der Waals surface area (Å²) in [7, 11) is 0. The highest BCUT2D eigenvalue weighted by molar-refractivity contribution is 9.10. The number of halogens is 3. The molecule has 1 aliphatic rings. The lowest BCUT2D eigenvalue weighted by molar-refractivity contribution is 0.0265. The smallest absolute Gasteiger partial charge is 0.410 e. The lowest BCUT2D eigenvalue weighted by Gasteiger charge is -2.31. The Hall–Kier alpha value is -2.74. The molecule has 0 saturated carbocycles. The van der Waals surface area contributed by atoms with Gasteiger partial charge in [-0.3, -0.25) is 0 Å². The van der Waals surface area contributed by atoms with Crippen molar-refractivity contribution in [2.75, 3.05) is 13.1 Å². The third kappa shape index (κ3) is 4.85. The number of carbonyl (C=O) groups is 1. The van der Waals surface area contributed by atoms with Gasteiger partial charge in [0.1, 0.15) is 11.4 Å². The SMILES string of the molecule is CC(C)(C)OC(=O)N1CC=C(C(c2ccc(Br)cc2)c2nc3cc(F)c(F)cc3[nH]2)CC1. The van der Waals surface area contributed by atoms with Gasteiger partial charge in [0.05, 0.1) is 17.0 Å². The van der Waals surface area contributed by atoms with E-state index in [9.17, 15) is 13.6 Å². The minimum atomic E-state index is -0.930. The number of carbonyl (C=O) groups excluding carboxylic acids is 1. The van der Waals surface area contributed by atoms with Crippen molar-refractivity contribution in [2.45, 2.75) is 38.7 Å². The molecule has 0 bridgehead atoms. The molecule has 1 N–H and O–H groups in total. The zero-order valence-corrected chi connectivity index (χ0v) is 19.7. The Morgan fingerprint density at radius 1 is 1.19 bits per heavy atom. The van der Waals surface area contributed by atoms with E-state index in [1.165, 1.54) is 0 Å². The number of fused-ring (bicyclic) bond motifs is 1. The van der Waals surface area contributed by atoms with Crippen LogP contribution < -0.4 is 0 Å². The minimum Gasteiger partial charge on any atom is -0.444 e. The number of rotatable bonds is 3. The highest BCUT2D eigenvalue weighted by Crippen LogP contribution is 2.35. The van der Waals surface area contributed by atoms with Crippen LogP contribution in [0, 0.1) is 11.6 Å². The molecule has 2 heterocycles. The first kappa shape index (κ1) is 22.5. The van der Waals surface area contributed by atoms with Crippen molar-refractivity contribution in [3.63, 3.8) is 0 Å². The second kappa shape index (κ2) is 8.65. The van der Waals surface area contributed by atoms with Gasteiger partial charge in [-0.05, 0) is 44.9 Å². The van der Waals surface area contributed by atoms with Gasteiger partial charge in [0, 0.05) is 29.7 Å². The molecule has 3 aromatic rings. The molecule has 1 aliphatic heterocycles. The quantitative estimate of drug-likeness (QED) is 0.426. The molecular formula is C24H24BrF2N3O2. The van der Waals surface area contributed by atoms with Crippen molar-refractivity contribution < 1.29 is 18.3 Å². The maximum Gasteiger partial charge on any atom is 0.410 e. The van der Waals surface area contributed by atoms with Crippen molar-refractivity contribution in [3.8, 4) is 0 Å². The zero-order valence-electron chi connectivity index (χ0n) is 18.1. The standard InChI is InChI=1S/C24H24BrF2N3O2/c1-24(2,3)32-23(31)30-10-8-15(9-11-30)21(14-4-6-16(25)7-5-14)22-28-19-12-17(26)18(27)13-20(19)29-22/h4-8,12-13,21H,9-11H2,1-3H3,(H,28,29). The summed E-state index contributed by atoms with van der Waals surface area (Å²) in [4.78, 5) is 21.8. The van der Waals surface area contributed by atoms with Crippen molar-refractivity contribution >= 4 is 33.1 Å². The molecule has 2 aromatic carbocycles.